The van der Waals surface area contributed by atoms with Crippen LogP contribution in [0.4, 0.5) is 0 Å². The molecule has 3 N–H and O–H groups in total. The molecule has 0 unspecified atom stereocenters. The molecule has 1 aromatic rings. The Morgan fingerprint density at radius 2 is 1.89 bits per heavy atom. The molecule has 1 aliphatic heterocycles. The van der Waals surface area contributed by atoms with E-state index in [9.17, 15) is 0 Å². The van der Waals surface area contributed by atoms with Crippen LogP contribution in [0.25, 0.3) is 0 Å². The number of nitrogens with two attached hydrogens (primary N) is 1. The largest absolute Gasteiger partial charge is 0.395 e. The fourth-order valence-corrected chi connectivity index (χ4v) is 2.08. The highest BCUT2D eigenvalue weighted by Gasteiger charge is 2.23. The highest BCUT2D eigenvalue weighted by atomic mass is 16.5. The quantitative estimate of drug-likeness (QED) is 0.735. The predicted octanol–water partition coefficient (Wildman–Crippen LogP) is -0.627. The molecule has 1 aromatic heterocycles. The van der Waals surface area contributed by atoms with Crippen LogP contribution in [0.2, 0.25) is 0 Å². The van der Waals surface area contributed by atoms with E-state index in [4.69, 9.17) is 15.4 Å². The summed E-state index contributed by atoms with van der Waals surface area (Å²) in [5, 5.41) is 12.8. The first-order valence-corrected chi connectivity index (χ1v) is 6.66. The lowest BCUT2D eigenvalue weighted by Gasteiger charge is -2.33. The summed E-state index contributed by atoms with van der Waals surface area (Å²) in [6.45, 7) is 9.17. The van der Waals surface area contributed by atoms with Gasteiger partial charge in [-0.25, -0.2) is 0 Å². The molecule has 2 heterocycles. The fourth-order valence-electron chi connectivity index (χ4n) is 2.08. The Balaban J connectivity index is 1.84. The molecule has 1 fully saturated rings. The van der Waals surface area contributed by atoms with Crippen LogP contribution in [-0.4, -0.2) is 64.4 Å². The minimum atomic E-state index is -0.568. The zero-order valence-corrected chi connectivity index (χ0v) is 11.7. The van der Waals surface area contributed by atoms with Gasteiger partial charge in [-0.1, -0.05) is 5.16 Å². The molecule has 0 saturated carbocycles. The zero-order chi connectivity index (χ0) is 13.9. The highest BCUT2D eigenvalue weighted by molar-refractivity contribution is 4.99. The smallest absolute Gasteiger partial charge is 0.240 e. The summed E-state index contributed by atoms with van der Waals surface area (Å²) in [5.41, 5.74) is 5.36. The fraction of sp³-hybridized carbons (Fsp3) is 0.833. The minimum Gasteiger partial charge on any atom is -0.395 e. The van der Waals surface area contributed by atoms with Gasteiger partial charge >= 0.3 is 0 Å². The van der Waals surface area contributed by atoms with Crippen molar-refractivity contribution in [3.63, 3.8) is 0 Å². The van der Waals surface area contributed by atoms with Gasteiger partial charge in [-0.3, -0.25) is 9.80 Å². The van der Waals surface area contributed by atoms with Crippen molar-refractivity contribution in [2.75, 3.05) is 39.3 Å². The van der Waals surface area contributed by atoms with E-state index in [1.54, 1.807) is 0 Å². The van der Waals surface area contributed by atoms with Gasteiger partial charge in [0.05, 0.1) is 18.7 Å². The molecular formula is C12H23N5O2. The van der Waals surface area contributed by atoms with Gasteiger partial charge in [0.1, 0.15) is 0 Å². The maximum atomic E-state index is 8.90. The number of rotatable bonds is 5. The standard InChI is InChI=1S/C12H23N5O2/c1-12(2,13)11-14-10(19-15-11)9-17-5-3-16(4-6-17)7-8-18/h18H,3-9,13H2,1-2H3. The van der Waals surface area contributed by atoms with Crippen LogP contribution in [0.1, 0.15) is 25.6 Å². The van der Waals surface area contributed by atoms with Crippen molar-refractivity contribution in [1.29, 1.82) is 0 Å². The van der Waals surface area contributed by atoms with E-state index in [1.807, 2.05) is 13.8 Å². The number of hydrogen-bond donors (Lipinski definition) is 2. The predicted molar refractivity (Wildman–Crippen MR) is 70.3 cm³/mol. The van der Waals surface area contributed by atoms with Gasteiger partial charge in [0.15, 0.2) is 5.82 Å². The van der Waals surface area contributed by atoms with Crippen LogP contribution in [-0.2, 0) is 12.1 Å². The van der Waals surface area contributed by atoms with Crippen LogP contribution in [0.3, 0.4) is 0 Å². The van der Waals surface area contributed by atoms with E-state index in [0.29, 0.717) is 18.3 Å². The molecule has 7 heteroatoms. The molecule has 0 aromatic carbocycles. The normalized spacial score (nSPS) is 18.9. The molecule has 0 spiro atoms. The first kappa shape index (κ1) is 14.4. The van der Waals surface area contributed by atoms with Crippen molar-refractivity contribution < 1.29 is 9.63 Å². The third kappa shape index (κ3) is 3.97. The second kappa shape index (κ2) is 5.96. The average Bonchev–Trinajstić information content (AvgIpc) is 2.80. The molecule has 2 rings (SSSR count). The van der Waals surface area contributed by atoms with Crippen molar-refractivity contribution in [2.45, 2.75) is 25.9 Å². The molecular weight excluding hydrogens is 246 g/mol. The third-order valence-corrected chi connectivity index (χ3v) is 3.28. The number of aliphatic hydroxyl groups excluding tert-OH is 1. The van der Waals surface area contributed by atoms with Crippen molar-refractivity contribution >= 4 is 0 Å². The second-order valence-corrected chi connectivity index (χ2v) is 5.57. The number of β-amino-alcohol motifs (C(OH)–C–C–N with tert-alkyl or cyclic N) is 1. The van der Waals surface area contributed by atoms with Crippen molar-refractivity contribution in [1.82, 2.24) is 19.9 Å². The van der Waals surface area contributed by atoms with Crippen molar-refractivity contribution in [3.05, 3.63) is 11.7 Å². The number of aliphatic hydroxyl groups is 1. The Labute approximate surface area is 113 Å². The summed E-state index contributed by atoms with van der Waals surface area (Å²) in [7, 11) is 0. The van der Waals surface area contributed by atoms with Crippen molar-refractivity contribution in [2.24, 2.45) is 5.73 Å². The first-order chi connectivity index (χ1) is 8.99. The maximum absolute atomic E-state index is 8.90. The van der Waals surface area contributed by atoms with Gasteiger partial charge in [-0.15, -0.1) is 0 Å². The molecule has 0 aliphatic carbocycles. The lowest BCUT2D eigenvalue weighted by molar-refractivity contribution is 0.101. The molecule has 0 amide bonds. The summed E-state index contributed by atoms with van der Waals surface area (Å²) in [5.74, 6) is 1.16. The van der Waals surface area contributed by atoms with Crippen LogP contribution in [0, 0.1) is 0 Å². The van der Waals surface area contributed by atoms with E-state index >= 15 is 0 Å². The van der Waals surface area contributed by atoms with E-state index < -0.39 is 5.54 Å². The maximum Gasteiger partial charge on any atom is 0.240 e. The van der Waals surface area contributed by atoms with Gasteiger partial charge < -0.3 is 15.4 Å². The number of hydrogen-bond acceptors (Lipinski definition) is 7. The third-order valence-electron chi connectivity index (χ3n) is 3.28. The summed E-state index contributed by atoms with van der Waals surface area (Å²) < 4.78 is 5.23. The first-order valence-electron chi connectivity index (χ1n) is 6.66. The van der Waals surface area contributed by atoms with Gasteiger partial charge in [-0.2, -0.15) is 4.98 Å². The summed E-state index contributed by atoms with van der Waals surface area (Å²) >= 11 is 0. The van der Waals surface area contributed by atoms with Gasteiger partial charge in [0, 0.05) is 32.7 Å². The SMILES string of the molecule is CC(C)(N)c1noc(CN2CCN(CCO)CC2)n1. The van der Waals surface area contributed by atoms with Crippen LogP contribution >= 0.6 is 0 Å². The number of aromatic nitrogens is 2. The minimum absolute atomic E-state index is 0.221. The van der Waals surface area contributed by atoms with E-state index in [-0.39, 0.29) is 6.61 Å². The lowest BCUT2D eigenvalue weighted by atomic mass is 10.1. The molecule has 0 bridgehead atoms. The van der Waals surface area contributed by atoms with E-state index in [2.05, 4.69) is 19.9 Å². The van der Waals surface area contributed by atoms with Gasteiger partial charge in [0.25, 0.3) is 0 Å². The number of piperazine rings is 1. The summed E-state index contributed by atoms with van der Waals surface area (Å²) in [6, 6.07) is 0. The Morgan fingerprint density at radius 3 is 2.42 bits per heavy atom. The molecule has 108 valence electrons. The molecule has 19 heavy (non-hydrogen) atoms. The highest BCUT2D eigenvalue weighted by Crippen LogP contribution is 2.14. The van der Waals surface area contributed by atoms with Gasteiger partial charge in [-0.05, 0) is 13.8 Å². The Morgan fingerprint density at radius 1 is 1.26 bits per heavy atom. The van der Waals surface area contributed by atoms with Crippen LogP contribution in [0.15, 0.2) is 4.52 Å². The zero-order valence-electron chi connectivity index (χ0n) is 11.7. The summed E-state index contributed by atoms with van der Waals surface area (Å²) in [4.78, 5) is 8.85. The monoisotopic (exact) mass is 269 g/mol. The molecule has 0 atom stereocenters. The molecule has 1 saturated heterocycles. The Hall–Kier alpha value is -1.02. The van der Waals surface area contributed by atoms with E-state index in [0.717, 1.165) is 32.7 Å². The molecule has 7 nitrogen and oxygen atoms in total. The van der Waals surface area contributed by atoms with Crippen LogP contribution in [0.5, 0.6) is 0 Å². The lowest BCUT2D eigenvalue weighted by Crippen LogP contribution is -2.46. The molecule has 1 aliphatic rings. The average molecular weight is 269 g/mol. The summed E-state index contributed by atoms with van der Waals surface area (Å²) in [6.07, 6.45) is 0. The van der Waals surface area contributed by atoms with E-state index in [1.165, 1.54) is 0 Å². The topological polar surface area (TPSA) is 91.7 Å². The Bertz CT molecular complexity index is 393. The van der Waals surface area contributed by atoms with Crippen molar-refractivity contribution in [3.8, 4) is 0 Å². The Kier molecular flexibility index (Phi) is 4.51. The second-order valence-electron chi connectivity index (χ2n) is 5.57. The van der Waals surface area contributed by atoms with Gasteiger partial charge in [0.2, 0.25) is 5.89 Å². The molecule has 0 radical (unpaired) electrons. The van der Waals surface area contributed by atoms with Crippen LogP contribution < -0.4 is 5.73 Å². The number of nitrogens with zero attached hydrogens (tertiary/aromatic N) is 4.